The van der Waals surface area contributed by atoms with E-state index in [1.165, 1.54) is 6.07 Å². The number of aromatic carboxylic acids is 1. The molecule has 0 fully saturated rings. The SMILES string of the molecule is CCc1c(O)cc2c(c1C(=O)O)OCCN2. The van der Waals surface area contributed by atoms with E-state index in [4.69, 9.17) is 9.84 Å². The lowest BCUT2D eigenvalue weighted by Gasteiger charge is -2.22. The predicted molar refractivity (Wildman–Crippen MR) is 58.4 cm³/mol. The second kappa shape index (κ2) is 3.92. The number of fused-ring (bicyclic) bond motifs is 1. The average molecular weight is 223 g/mol. The van der Waals surface area contributed by atoms with Crippen molar-refractivity contribution in [2.45, 2.75) is 13.3 Å². The van der Waals surface area contributed by atoms with Crippen molar-refractivity contribution in [1.82, 2.24) is 0 Å². The Hall–Kier alpha value is -1.91. The molecular formula is C11H13NO4. The van der Waals surface area contributed by atoms with Crippen molar-refractivity contribution in [3.05, 3.63) is 17.2 Å². The minimum Gasteiger partial charge on any atom is -0.508 e. The van der Waals surface area contributed by atoms with Crippen molar-refractivity contribution in [2.24, 2.45) is 0 Å². The summed E-state index contributed by atoms with van der Waals surface area (Å²) in [5, 5.41) is 21.9. The van der Waals surface area contributed by atoms with Crippen LogP contribution < -0.4 is 10.1 Å². The summed E-state index contributed by atoms with van der Waals surface area (Å²) in [6, 6.07) is 1.51. The van der Waals surface area contributed by atoms with E-state index in [1.807, 2.05) is 0 Å². The van der Waals surface area contributed by atoms with Crippen molar-refractivity contribution in [3.63, 3.8) is 0 Å². The monoisotopic (exact) mass is 223 g/mol. The van der Waals surface area contributed by atoms with Gasteiger partial charge in [-0.1, -0.05) is 6.92 Å². The number of anilines is 1. The number of carbonyl (C=O) groups is 1. The Morgan fingerprint density at radius 1 is 1.62 bits per heavy atom. The zero-order valence-corrected chi connectivity index (χ0v) is 8.91. The van der Waals surface area contributed by atoms with Gasteiger partial charge in [-0.25, -0.2) is 4.79 Å². The van der Waals surface area contributed by atoms with Crippen molar-refractivity contribution in [2.75, 3.05) is 18.5 Å². The van der Waals surface area contributed by atoms with Gasteiger partial charge in [0, 0.05) is 18.2 Å². The summed E-state index contributed by atoms with van der Waals surface area (Å²) in [6.45, 7) is 2.84. The number of carboxylic acids is 1. The molecule has 0 atom stereocenters. The fraction of sp³-hybridized carbons (Fsp3) is 0.364. The van der Waals surface area contributed by atoms with E-state index in [9.17, 15) is 9.90 Å². The van der Waals surface area contributed by atoms with Gasteiger partial charge >= 0.3 is 5.97 Å². The number of rotatable bonds is 2. The smallest absolute Gasteiger partial charge is 0.339 e. The van der Waals surface area contributed by atoms with Gasteiger partial charge in [-0.3, -0.25) is 0 Å². The minimum atomic E-state index is -1.08. The largest absolute Gasteiger partial charge is 0.508 e. The Morgan fingerprint density at radius 2 is 2.38 bits per heavy atom. The first-order chi connectivity index (χ1) is 7.65. The van der Waals surface area contributed by atoms with E-state index in [0.29, 0.717) is 36.6 Å². The van der Waals surface area contributed by atoms with Crippen LogP contribution in [0.3, 0.4) is 0 Å². The number of phenols is 1. The fourth-order valence-electron chi connectivity index (χ4n) is 1.89. The van der Waals surface area contributed by atoms with E-state index >= 15 is 0 Å². The van der Waals surface area contributed by atoms with E-state index in [0.717, 1.165) is 0 Å². The summed E-state index contributed by atoms with van der Waals surface area (Å²) in [5.74, 6) is -0.752. The average Bonchev–Trinajstić information content (AvgIpc) is 2.26. The molecule has 0 amide bonds. The highest BCUT2D eigenvalue weighted by Gasteiger charge is 2.24. The first-order valence-corrected chi connectivity index (χ1v) is 5.14. The molecule has 5 heteroatoms. The topological polar surface area (TPSA) is 78.8 Å². The molecule has 0 spiro atoms. The van der Waals surface area contributed by atoms with Crippen molar-refractivity contribution < 1.29 is 19.7 Å². The molecule has 1 aliphatic rings. The third-order valence-electron chi connectivity index (χ3n) is 2.60. The van der Waals surface area contributed by atoms with Gasteiger partial charge in [-0.2, -0.15) is 0 Å². The highest BCUT2D eigenvalue weighted by molar-refractivity contribution is 5.96. The zero-order chi connectivity index (χ0) is 11.7. The molecule has 2 rings (SSSR count). The van der Waals surface area contributed by atoms with Gasteiger partial charge < -0.3 is 20.3 Å². The lowest BCUT2D eigenvalue weighted by molar-refractivity contribution is 0.0690. The summed E-state index contributed by atoms with van der Waals surface area (Å²) in [5.41, 5.74) is 1.01. The van der Waals surface area contributed by atoms with Crippen LogP contribution in [0.4, 0.5) is 5.69 Å². The van der Waals surface area contributed by atoms with Crippen LogP contribution in [0.15, 0.2) is 6.07 Å². The molecule has 1 aromatic rings. The molecule has 0 bridgehead atoms. The Kier molecular flexibility index (Phi) is 2.60. The fourth-order valence-corrected chi connectivity index (χ4v) is 1.89. The molecular weight excluding hydrogens is 210 g/mol. The Labute approximate surface area is 92.7 Å². The number of hydrogen-bond donors (Lipinski definition) is 3. The van der Waals surface area contributed by atoms with E-state index < -0.39 is 5.97 Å². The van der Waals surface area contributed by atoms with Gasteiger partial charge in [0.1, 0.15) is 17.9 Å². The third kappa shape index (κ3) is 1.54. The van der Waals surface area contributed by atoms with Crippen LogP contribution in [-0.2, 0) is 6.42 Å². The number of carboxylic acid groups (broad SMARTS) is 1. The molecule has 1 aliphatic heterocycles. The van der Waals surface area contributed by atoms with Crippen molar-refractivity contribution >= 4 is 11.7 Å². The number of aromatic hydroxyl groups is 1. The molecule has 3 N–H and O–H groups in total. The normalized spacial score (nSPS) is 13.6. The number of benzene rings is 1. The standard InChI is InChI=1S/C11H13NO4/c1-2-6-8(13)5-7-10(9(6)11(14)15)16-4-3-12-7/h5,12-13H,2-4H2,1H3,(H,14,15). The molecule has 0 saturated heterocycles. The van der Waals surface area contributed by atoms with E-state index in [1.54, 1.807) is 6.92 Å². The predicted octanol–water partition coefficient (Wildman–Crippen LogP) is 1.46. The Bertz CT molecular complexity index is 442. The molecule has 1 heterocycles. The number of hydrogen-bond acceptors (Lipinski definition) is 4. The molecule has 1 aromatic carbocycles. The number of ether oxygens (including phenoxy) is 1. The van der Waals surface area contributed by atoms with Crippen molar-refractivity contribution in [3.8, 4) is 11.5 Å². The Morgan fingerprint density at radius 3 is 3.00 bits per heavy atom. The second-order valence-electron chi connectivity index (χ2n) is 3.56. The Balaban J connectivity index is 2.68. The van der Waals surface area contributed by atoms with Gasteiger partial charge in [0.05, 0.1) is 5.69 Å². The molecule has 16 heavy (non-hydrogen) atoms. The highest BCUT2D eigenvalue weighted by Crippen LogP contribution is 2.39. The van der Waals surface area contributed by atoms with E-state index in [-0.39, 0.29) is 11.3 Å². The van der Waals surface area contributed by atoms with Crippen LogP contribution in [-0.4, -0.2) is 29.3 Å². The molecule has 0 unspecified atom stereocenters. The summed E-state index contributed by atoms with van der Waals surface area (Å²) in [7, 11) is 0. The maximum atomic E-state index is 11.2. The minimum absolute atomic E-state index is 0.00310. The van der Waals surface area contributed by atoms with Crippen LogP contribution in [0, 0.1) is 0 Å². The molecule has 0 saturated carbocycles. The van der Waals surface area contributed by atoms with Gasteiger partial charge in [0.2, 0.25) is 0 Å². The first-order valence-electron chi connectivity index (χ1n) is 5.14. The molecule has 5 nitrogen and oxygen atoms in total. The number of phenolic OH excluding ortho intramolecular Hbond substituents is 1. The lowest BCUT2D eigenvalue weighted by atomic mass is 10.0. The lowest BCUT2D eigenvalue weighted by Crippen LogP contribution is -2.21. The molecule has 86 valence electrons. The van der Waals surface area contributed by atoms with E-state index in [2.05, 4.69) is 5.32 Å². The van der Waals surface area contributed by atoms with Gasteiger partial charge in [0.25, 0.3) is 0 Å². The summed E-state index contributed by atoms with van der Waals surface area (Å²) >= 11 is 0. The summed E-state index contributed by atoms with van der Waals surface area (Å²) in [6.07, 6.45) is 0.449. The van der Waals surface area contributed by atoms with Crippen LogP contribution >= 0.6 is 0 Å². The summed E-state index contributed by atoms with van der Waals surface area (Å²) in [4.78, 5) is 11.2. The highest BCUT2D eigenvalue weighted by atomic mass is 16.5. The second-order valence-corrected chi connectivity index (χ2v) is 3.56. The first kappa shape index (κ1) is 10.6. The van der Waals surface area contributed by atoms with Crippen LogP contribution in [0.1, 0.15) is 22.8 Å². The maximum Gasteiger partial charge on any atom is 0.339 e. The quantitative estimate of drug-likeness (QED) is 0.707. The van der Waals surface area contributed by atoms with Crippen LogP contribution in [0.2, 0.25) is 0 Å². The summed E-state index contributed by atoms with van der Waals surface area (Å²) < 4.78 is 5.36. The van der Waals surface area contributed by atoms with Crippen LogP contribution in [0.5, 0.6) is 11.5 Å². The molecule has 0 aliphatic carbocycles. The van der Waals surface area contributed by atoms with Gasteiger partial charge in [-0.05, 0) is 6.42 Å². The molecule has 0 radical (unpaired) electrons. The van der Waals surface area contributed by atoms with Gasteiger partial charge in [0.15, 0.2) is 5.75 Å². The van der Waals surface area contributed by atoms with Crippen LogP contribution in [0.25, 0.3) is 0 Å². The third-order valence-corrected chi connectivity index (χ3v) is 2.60. The zero-order valence-electron chi connectivity index (χ0n) is 8.91. The van der Waals surface area contributed by atoms with Gasteiger partial charge in [-0.15, -0.1) is 0 Å². The van der Waals surface area contributed by atoms with Crippen molar-refractivity contribution in [1.29, 1.82) is 0 Å². The maximum absolute atomic E-state index is 11.2. The molecule has 0 aromatic heterocycles. The number of nitrogens with one attached hydrogen (secondary N) is 1.